The largest absolute Gasteiger partial charge is 0.490 e. The molecule has 0 radical (unpaired) electrons. The molecule has 4 rings (SSSR count). The molecule has 0 amide bonds. The van der Waals surface area contributed by atoms with Gasteiger partial charge in [-0.25, -0.2) is 4.98 Å². The monoisotopic (exact) mass is 505 g/mol. The van der Waals surface area contributed by atoms with E-state index in [0.29, 0.717) is 28.8 Å². The minimum Gasteiger partial charge on any atom is -0.490 e. The van der Waals surface area contributed by atoms with Crippen LogP contribution in [-0.4, -0.2) is 61.8 Å². The summed E-state index contributed by atoms with van der Waals surface area (Å²) in [5.41, 5.74) is 1.13. The SMILES string of the molecule is COC(=O)CCc1ccnc(N2CCC(CN3CCC(Oc4ccc(Cl)c(Cl)c4)CC3)CC2)c1. The van der Waals surface area contributed by atoms with Crippen LogP contribution in [0.5, 0.6) is 5.75 Å². The third-order valence-electron chi connectivity index (χ3n) is 6.84. The zero-order chi connectivity index (χ0) is 23.9. The number of carbonyl (C=O) groups excluding carboxylic acids is 1. The van der Waals surface area contributed by atoms with Gasteiger partial charge in [-0.05, 0) is 67.9 Å². The molecule has 2 aliphatic rings. The molecule has 0 N–H and O–H groups in total. The van der Waals surface area contributed by atoms with Crippen LogP contribution < -0.4 is 9.64 Å². The molecule has 3 heterocycles. The van der Waals surface area contributed by atoms with E-state index in [-0.39, 0.29) is 12.1 Å². The van der Waals surface area contributed by atoms with Gasteiger partial charge in [0.1, 0.15) is 17.7 Å². The molecule has 2 fully saturated rings. The van der Waals surface area contributed by atoms with Gasteiger partial charge in [-0.1, -0.05) is 23.2 Å². The second-order valence-electron chi connectivity index (χ2n) is 9.22. The van der Waals surface area contributed by atoms with Crippen molar-refractivity contribution in [2.75, 3.05) is 44.7 Å². The van der Waals surface area contributed by atoms with E-state index in [0.717, 1.165) is 62.7 Å². The number of anilines is 1. The quantitative estimate of drug-likeness (QED) is 0.456. The number of hydrogen-bond donors (Lipinski definition) is 0. The van der Waals surface area contributed by atoms with Crippen molar-refractivity contribution in [1.29, 1.82) is 0 Å². The van der Waals surface area contributed by atoms with Gasteiger partial charge in [0, 0.05) is 51.4 Å². The highest BCUT2D eigenvalue weighted by atomic mass is 35.5. The van der Waals surface area contributed by atoms with Gasteiger partial charge in [0.05, 0.1) is 17.2 Å². The molecule has 2 saturated heterocycles. The highest BCUT2D eigenvalue weighted by Crippen LogP contribution is 2.29. The Balaban J connectivity index is 1.18. The molecule has 2 aromatic rings. The lowest BCUT2D eigenvalue weighted by molar-refractivity contribution is -0.140. The van der Waals surface area contributed by atoms with Crippen LogP contribution in [0.15, 0.2) is 36.5 Å². The van der Waals surface area contributed by atoms with Crippen molar-refractivity contribution < 1.29 is 14.3 Å². The van der Waals surface area contributed by atoms with E-state index >= 15 is 0 Å². The highest BCUT2D eigenvalue weighted by molar-refractivity contribution is 6.42. The van der Waals surface area contributed by atoms with E-state index in [4.69, 9.17) is 32.7 Å². The standard InChI is InChI=1S/C26H33Cl2N3O3/c1-33-26(32)5-2-19-6-11-29-25(16-19)31-14-7-20(8-15-31)18-30-12-9-21(10-13-30)34-22-3-4-23(27)24(28)17-22/h3-4,6,11,16-17,20-21H,2,5,7-10,12-15,18H2,1H3. The Morgan fingerprint density at radius 1 is 1.03 bits per heavy atom. The maximum atomic E-state index is 11.4. The van der Waals surface area contributed by atoms with Crippen LogP contribution in [0.25, 0.3) is 0 Å². The fourth-order valence-corrected chi connectivity index (χ4v) is 5.09. The number of esters is 1. The molecule has 0 bridgehead atoms. The molecule has 1 aromatic carbocycles. The zero-order valence-corrected chi connectivity index (χ0v) is 21.2. The Morgan fingerprint density at radius 3 is 2.50 bits per heavy atom. The fraction of sp³-hybridized carbons (Fsp3) is 0.538. The second kappa shape index (κ2) is 12.1. The van der Waals surface area contributed by atoms with Gasteiger partial charge in [-0.2, -0.15) is 0 Å². The Morgan fingerprint density at radius 2 is 1.79 bits per heavy atom. The van der Waals surface area contributed by atoms with Crippen molar-refractivity contribution in [1.82, 2.24) is 9.88 Å². The number of piperidine rings is 2. The van der Waals surface area contributed by atoms with Crippen LogP contribution in [0, 0.1) is 5.92 Å². The van der Waals surface area contributed by atoms with Gasteiger partial charge in [-0.3, -0.25) is 4.79 Å². The number of carbonyl (C=O) groups is 1. The first kappa shape index (κ1) is 25.1. The number of pyridine rings is 1. The number of likely N-dealkylation sites (tertiary alicyclic amines) is 1. The minimum atomic E-state index is -0.177. The number of rotatable bonds is 8. The molecule has 0 unspecified atom stereocenters. The molecule has 2 aliphatic heterocycles. The van der Waals surface area contributed by atoms with Gasteiger partial charge in [0.2, 0.25) is 0 Å². The van der Waals surface area contributed by atoms with Crippen molar-refractivity contribution in [2.24, 2.45) is 5.92 Å². The van der Waals surface area contributed by atoms with Crippen LogP contribution in [0.2, 0.25) is 10.0 Å². The van der Waals surface area contributed by atoms with Gasteiger partial charge < -0.3 is 19.3 Å². The Kier molecular flexibility index (Phi) is 8.92. The summed E-state index contributed by atoms with van der Waals surface area (Å²) in [5, 5.41) is 1.09. The molecule has 0 spiro atoms. The van der Waals surface area contributed by atoms with Crippen LogP contribution in [0.3, 0.4) is 0 Å². The third-order valence-corrected chi connectivity index (χ3v) is 7.58. The van der Waals surface area contributed by atoms with Crippen molar-refractivity contribution >= 4 is 35.0 Å². The van der Waals surface area contributed by atoms with Crippen molar-refractivity contribution in [2.45, 2.75) is 44.6 Å². The number of aromatic nitrogens is 1. The molecule has 34 heavy (non-hydrogen) atoms. The predicted molar refractivity (Wildman–Crippen MR) is 136 cm³/mol. The molecule has 6 nitrogen and oxygen atoms in total. The summed E-state index contributed by atoms with van der Waals surface area (Å²) < 4.78 is 10.9. The smallest absolute Gasteiger partial charge is 0.305 e. The van der Waals surface area contributed by atoms with Gasteiger partial charge in [-0.15, -0.1) is 0 Å². The van der Waals surface area contributed by atoms with E-state index < -0.39 is 0 Å². The van der Waals surface area contributed by atoms with Crippen molar-refractivity contribution in [3.8, 4) is 5.75 Å². The summed E-state index contributed by atoms with van der Waals surface area (Å²) in [4.78, 5) is 21.0. The number of ether oxygens (including phenoxy) is 2. The van der Waals surface area contributed by atoms with E-state index in [1.54, 1.807) is 12.1 Å². The maximum absolute atomic E-state index is 11.4. The third kappa shape index (κ3) is 7.00. The number of nitrogens with zero attached hydrogens (tertiary/aromatic N) is 3. The van der Waals surface area contributed by atoms with Gasteiger partial charge in [0.15, 0.2) is 0 Å². The first-order valence-corrected chi connectivity index (χ1v) is 12.9. The van der Waals surface area contributed by atoms with Crippen LogP contribution in [-0.2, 0) is 16.0 Å². The fourth-order valence-electron chi connectivity index (χ4n) is 4.80. The summed E-state index contributed by atoms with van der Waals surface area (Å²) in [7, 11) is 1.43. The summed E-state index contributed by atoms with van der Waals surface area (Å²) in [6.45, 7) is 5.33. The molecule has 0 saturated carbocycles. The number of methoxy groups -OCH3 is 1. The molecule has 8 heteroatoms. The maximum Gasteiger partial charge on any atom is 0.305 e. The number of hydrogen-bond acceptors (Lipinski definition) is 6. The molecule has 0 aliphatic carbocycles. The van der Waals surface area contributed by atoms with Gasteiger partial charge >= 0.3 is 5.97 Å². The summed E-state index contributed by atoms with van der Waals surface area (Å²) in [6, 6.07) is 9.57. The minimum absolute atomic E-state index is 0.177. The van der Waals surface area contributed by atoms with E-state index in [9.17, 15) is 4.79 Å². The Bertz CT molecular complexity index is 958. The van der Waals surface area contributed by atoms with E-state index in [1.165, 1.54) is 20.0 Å². The molecular formula is C26H33Cl2N3O3. The molecule has 1 aromatic heterocycles. The second-order valence-corrected chi connectivity index (χ2v) is 10.0. The average Bonchev–Trinajstić information content (AvgIpc) is 2.86. The average molecular weight is 506 g/mol. The topological polar surface area (TPSA) is 54.9 Å². The summed E-state index contributed by atoms with van der Waals surface area (Å²) >= 11 is 12.1. The van der Waals surface area contributed by atoms with E-state index in [1.807, 2.05) is 18.3 Å². The first-order valence-electron chi connectivity index (χ1n) is 12.1. The number of aryl methyl sites for hydroxylation is 1. The van der Waals surface area contributed by atoms with Gasteiger partial charge in [0.25, 0.3) is 0 Å². The van der Waals surface area contributed by atoms with Crippen LogP contribution >= 0.6 is 23.2 Å². The predicted octanol–water partition coefficient (Wildman–Crippen LogP) is 5.25. The van der Waals surface area contributed by atoms with Crippen molar-refractivity contribution in [3.05, 3.63) is 52.1 Å². The van der Waals surface area contributed by atoms with Crippen LogP contribution in [0.4, 0.5) is 5.82 Å². The normalized spacial score (nSPS) is 18.1. The molecule has 0 atom stereocenters. The summed E-state index contributed by atoms with van der Waals surface area (Å²) in [5.74, 6) is 2.35. The van der Waals surface area contributed by atoms with E-state index in [2.05, 4.69) is 20.9 Å². The van der Waals surface area contributed by atoms with Crippen molar-refractivity contribution in [3.63, 3.8) is 0 Å². The first-order chi connectivity index (χ1) is 16.5. The molecule has 184 valence electrons. The lowest BCUT2D eigenvalue weighted by Crippen LogP contribution is -2.43. The lowest BCUT2D eigenvalue weighted by atomic mass is 9.95. The number of halogens is 2. The zero-order valence-electron chi connectivity index (χ0n) is 19.7. The Labute approximate surface area is 212 Å². The molecular weight excluding hydrogens is 473 g/mol. The summed E-state index contributed by atoms with van der Waals surface area (Å²) in [6.07, 6.45) is 7.57. The van der Waals surface area contributed by atoms with Crippen LogP contribution in [0.1, 0.15) is 37.7 Å². The number of benzene rings is 1. The lowest BCUT2D eigenvalue weighted by Gasteiger charge is -2.38. The highest BCUT2D eigenvalue weighted by Gasteiger charge is 2.26. The Hall–Kier alpha value is -2.02.